The van der Waals surface area contributed by atoms with Crippen LogP contribution in [0.25, 0.3) is 0 Å². The minimum absolute atomic E-state index is 0.0609. The van der Waals surface area contributed by atoms with Crippen LogP contribution in [0.2, 0.25) is 5.02 Å². The first-order valence-corrected chi connectivity index (χ1v) is 8.07. The number of nitrogens with one attached hydrogen (secondary N) is 1. The zero-order valence-electron chi connectivity index (χ0n) is 13.8. The third kappa shape index (κ3) is 3.73. The van der Waals surface area contributed by atoms with E-state index in [1.54, 1.807) is 13.2 Å². The first kappa shape index (κ1) is 17.1. The van der Waals surface area contributed by atoms with Gasteiger partial charge in [-0.15, -0.1) is 0 Å². The number of likely N-dealkylation sites (tertiary alicyclic amines) is 1. The van der Waals surface area contributed by atoms with Crippen molar-refractivity contribution in [2.45, 2.75) is 44.7 Å². The molecule has 1 heterocycles. The van der Waals surface area contributed by atoms with Gasteiger partial charge in [0.25, 0.3) is 0 Å². The van der Waals surface area contributed by atoms with Gasteiger partial charge in [-0.25, -0.2) is 0 Å². The summed E-state index contributed by atoms with van der Waals surface area (Å²) in [5.74, 6) is 0.679. The summed E-state index contributed by atoms with van der Waals surface area (Å²) in [5.41, 5.74) is 0.348. The second-order valence-electron chi connectivity index (χ2n) is 6.47. The van der Waals surface area contributed by atoms with Crippen LogP contribution < -0.4 is 10.1 Å². The van der Waals surface area contributed by atoms with Crippen LogP contribution in [0, 0.1) is 0 Å². The molecule has 0 spiro atoms. The van der Waals surface area contributed by atoms with E-state index in [4.69, 9.17) is 16.3 Å². The Kier molecular flexibility index (Phi) is 5.35. The Hall–Kier alpha value is -1.26. The number of rotatable bonds is 5. The number of halogens is 1. The van der Waals surface area contributed by atoms with Crippen LogP contribution in [0.3, 0.4) is 0 Å². The van der Waals surface area contributed by atoms with Gasteiger partial charge in [0.1, 0.15) is 5.75 Å². The Bertz CT molecular complexity index is 545. The Morgan fingerprint density at radius 3 is 2.82 bits per heavy atom. The van der Waals surface area contributed by atoms with Crippen LogP contribution in [0.4, 0.5) is 0 Å². The second kappa shape index (κ2) is 6.88. The molecule has 4 nitrogen and oxygen atoms in total. The molecule has 122 valence electrons. The highest BCUT2D eigenvalue weighted by atomic mass is 35.5. The standard InChI is InChI=1S/C17H25ClN2O2/c1-17(2,13-8-5-9-14(18)16(13)22-4)19-15(21)11-12-7-6-10-20(12)3/h5,8-9,12H,6-7,10-11H2,1-4H3,(H,19,21). The zero-order valence-corrected chi connectivity index (χ0v) is 14.5. The molecule has 1 unspecified atom stereocenters. The van der Waals surface area contributed by atoms with Gasteiger partial charge in [-0.1, -0.05) is 23.7 Å². The van der Waals surface area contributed by atoms with Crippen LogP contribution in [0.1, 0.15) is 38.7 Å². The summed E-state index contributed by atoms with van der Waals surface area (Å²) in [4.78, 5) is 14.7. The summed E-state index contributed by atoms with van der Waals surface area (Å²) in [6, 6.07) is 5.94. The minimum atomic E-state index is -0.537. The van der Waals surface area contributed by atoms with Gasteiger partial charge in [-0.05, 0) is 46.3 Å². The SMILES string of the molecule is COc1c(Cl)cccc1C(C)(C)NC(=O)CC1CCCN1C. The summed E-state index contributed by atoms with van der Waals surface area (Å²) in [7, 11) is 3.67. The Balaban J connectivity index is 2.10. The minimum Gasteiger partial charge on any atom is -0.495 e. The summed E-state index contributed by atoms with van der Waals surface area (Å²) < 4.78 is 5.40. The number of benzene rings is 1. The number of carbonyl (C=O) groups is 1. The Labute approximate surface area is 137 Å². The molecule has 5 heteroatoms. The van der Waals surface area contributed by atoms with Gasteiger partial charge in [0.2, 0.25) is 5.91 Å². The molecular weight excluding hydrogens is 300 g/mol. The average molecular weight is 325 g/mol. The van der Waals surface area contributed by atoms with Crippen molar-refractivity contribution in [1.29, 1.82) is 0 Å². The number of hydrogen-bond donors (Lipinski definition) is 1. The highest BCUT2D eigenvalue weighted by molar-refractivity contribution is 6.32. The molecule has 0 bridgehead atoms. The van der Waals surface area contributed by atoms with E-state index in [0.717, 1.165) is 18.5 Å². The normalized spacial score (nSPS) is 19.2. The molecule has 1 aliphatic rings. The molecule has 22 heavy (non-hydrogen) atoms. The smallest absolute Gasteiger partial charge is 0.222 e. The fourth-order valence-electron chi connectivity index (χ4n) is 3.13. The van der Waals surface area contributed by atoms with E-state index in [-0.39, 0.29) is 5.91 Å². The molecule has 0 radical (unpaired) electrons. The molecule has 1 N–H and O–H groups in total. The van der Waals surface area contributed by atoms with Gasteiger partial charge >= 0.3 is 0 Å². The van der Waals surface area contributed by atoms with Crippen molar-refractivity contribution in [1.82, 2.24) is 10.2 Å². The number of hydrogen-bond acceptors (Lipinski definition) is 3. The molecule has 0 aromatic heterocycles. The lowest BCUT2D eigenvalue weighted by molar-refractivity contribution is -0.123. The Morgan fingerprint density at radius 2 is 2.23 bits per heavy atom. The summed E-state index contributed by atoms with van der Waals surface area (Å²) in [5, 5.41) is 3.67. The fraction of sp³-hybridized carbons (Fsp3) is 0.588. The Morgan fingerprint density at radius 1 is 1.50 bits per heavy atom. The van der Waals surface area contributed by atoms with Gasteiger partial charge in [-0.2, -0.15) is 0 Å². The molecule has 1 aromatic rings. The van der Waals surface area contributed by atoms with Crippen LogP contribution in [-0.4, -0.2) is 37.6 Å². The lowest BCUT2D eigenvalue weighted by atomic mass is 9.92. The predicted octanol–water partition coefficient (Wildman–Crippen LogP) is 3.18. The third-order valence-electron chi connectivity index (χ3n) is 4.39. The topological polar surface area (TPSA) is 41.6 Å². The summed E-state index contributed by atoms with van der Waals surface area (Å²) >= 11 is 6.18. The summed E-state index contributed by atoms with van der Waals surface area (Å²) in [6.45, 7) is 5.01. The molecule has 1 amide bonds. The average Bonchev–Trinajstić information content (AvgIpc) is 2.83. The predicted molar refractivity (Wildman–Crippen MR) is 89.4 cm³/mol. The molecule has 2 rings (SSSR count). The van der Waals surface area contributed by atoms with Gasteiger partial charge in [0, 0.05) is 18.0 Å². The molecule has 1 aromatic carbocycles. The first-order valence-electron chi connectivity index (χ1n) is 7.69. The van der Waals surface area contributed by atoms with Gasteiger partial charge < -0.3 is 15.0 Å². The monoisotopic (exact) mass is 324 g/mol. The maximum absolute atomic E-state index is 12.4. The maximum Gasteiger partial charge on any atom is 0.222 e. The lowest BCUT2D eigenvalue weighted by Crippen LogP contribution is -2.43. The molecule has 1 aliphatic heterocycles. The highest BCUT2D eigenvalue weighted by Gasteiger charge is 2.30. The van der Waals surface area contributed by atoms with E-state index >= 15 is 0 Å². The van der Waals surface area contributed by atoms with E-state index in [9.17, 15) is 4.79 Å². The van der Waals surface area contributed by atoms with Crippen molar-refractivity contribution in [3.8, 4) is 5.75 Å². The largest absolute Gasteiger partial charge is 0.495 e. The number of methoxy groups -OCH3 is 1. The molecule has 0 aliphatic carbocycles. The third-order valence-corrected chi connectivity index (χ3v) is 4.69. The zero-order chi connectivity index (χ0) is 16.3. The van der Waals surface area contributed by atoms with Crippen LogP contribution in [0.15, 0.2) is 18.2 Å². The van der Waals surface area contributed by atoms with Gasteiger partial charge in [0.15, 0.2) is 0 Å². The van der Waals surface area contributed by atoms with E-state index in [0.29, 0.717) is 23.2 Å². The van der Waals surface area contributed by atoms with E-state index in [2.05, 4.69) is 17.3 Å². The number of carbonyl (C=O) groups excluding carboxylic acids is 1. The quantitative estimate of drug-likeness (QED) is 0.904. The number of nitrogens with zero attached hydrogens (tertiary/aromatic N) is 1. The summed E-state index contributed by atoms with van der Waals surface area (Å²) in [6.07, 6.45) is 2.79. The van der Waals surface area contributed by atoms with Crippen LogP contribution >= 0.6 is 11.6 Å². The van der Waals surface area contributed by atoms with E-state index < -0.39 is 5.54 Å². The van der Waals surface area contributed by atoms with Crippen molar-refractivity contribution >= 4 is 17.5 Å². The van der Waals surface area contributed by atoms with Crippen molar-refractivity contribution in [3.05, 3.63) is 28.8 Å². The van der Waals surface area contributed by atoms with Crippen molar-refractivity contribution in [3.63, 3.8) is 0 Å². The highest BCUT2D eigenvalue weighted by Crippen LogP contribution is 2.35. The lowest BCUT2D eigenvalue weighted by Gasteiger charge is -2.30. The molecule has 1 fully saturated rings. The van der Waals surface area contributed by atoms with Crippen molar-refractivity contribution in [2.75, 3.05) is 20.7 Å². The van der Waals surface area contributed by atoms with Crippen molar-refractivity contribution in [2.24, 2.45) is 0 Å². The number of amides is 1. The molecule has 1 saturated heterocycles. The second-order valence-corrected chi connectivity index (χ2v) is 6.88. The number of ether oxygens (including phenoxy) is 1. The van der Waals surface area contributed by atoms with E-state index in [1.165, 1.54) is 6.42 Å². The first-order chi connectivity index (χ1) is 10.3. The maximum atomic E-state index is 12.4. The van der Waals surface area contributed by atoms with Gasteiger partial charge in [-0.3, -0.25) is 4.79 Å². The van der Waals surface area contributed by atoms with E-state index in [1.807, 2.05) is 26.0 Å². The van der Waals surface area contributed by atoms with Gasteiger partial charge in [0.05, 0.1) is 17.7 Å². The molecule has 0 saturated carbocycles. The van der Waals surface area contributed by atoms with Crippen LogP contribution in [0.5, 0.6) is 5.75 Å². The number of para-hydroxylation sites is 1. The van der Waals surface area contributed by atoms with Crippen molar-refractivity contribution < 1.29 is 9.53 Å². The molecular formula is C17H25ClN2O2. The van der Waals surface area contributed by atoms with Crippen LogP contribution in [-0.2, 0) is 10.3 Å². The fourth-order valence-corrected chi connectivity index (χ4v) is 3.38. The molecule has 1 atom stereocenters.